The molecule has 3 rings (SSSR count). The van der Waals surface area contributed by atoms with Gasteiger partial charge in [-0.3, -0.25) is 14.9 Å². The maximum atomic E-state index is 12.4. The van der Waals surface area contributed by atoms with Crippen molar-refractivity contribution in [3.63, 3.8) is 0 Å². The molecule has 5 nitrogen and oxygen atoms in total. The van der Waals surface area contributed by atoms with Gasteiger partial charge in [0.15, 0.2) is 0 Å². The Hall–Kier alpha value is -2.69. The van der Waals surface area contributed by atoms with Gasteiger partial charge in [0.05, 0.1) is 4.92 Å². The number of nitrogens with one attached hydrogen (secondary N) is 1. The molecule has 0 heterocycles. The molecule has 1 atom stereocenters. The molecule has 2 aromatic carbocycles. The van der Waals surface area contributed by atoms with Gasteiger partial charge in [0.25, 0.3) is 11.6 Å². The fourth-order valence-corrected chi connectivity index (χ4v) is 3.39. The van der Waals surface area contributed by atoms with E-state index in [1.165, 1.54) is 23.3 Å². The van der Waals surface area contributed by atoms with Gasteiger partial charge in [0, 0.05) is 29.7 Å². The Morgan fingerprint density at radius 3 is 2.83 bits per heavy atom. The summed E-state index contributed by atoms with van der Waals surface area (Å²) < 4.78 is 0. The zero-order valence-electron chi connectivity index (χ0n) is 13.6. The summed E-state index contributed by atoms with van der Waals surface area (Å²) in [6, 6.07) is 12.9. The standard InChI is InChI=1S/C19H20N2O3/c1-13-11-15(9-10-18(13)21(23)24)19(22)20-12-16-7-4-6-14-5-2-3-8-17(14)16/h2-3,5,8-11,16H,4,6-7,12H2,1H3,(H,20,22). The van der Waals surface area contributed by atoms with Crippen LogP contribution in [0.5, 0.6) is 0 Å². The average Bonchev–Trinajstić information content (AvgIpc) is 2.59. The van der Waals surface area contributed by atoms with Crippen molar-refractivity contribution in [1.82, 2.24) is 5.32 Å². The first-order valence-electron chi connectivity index (χ1n) is 8.17. The Balaban J connectivity index is 1.68. The summed E-state index contributed by atoms with van der Waals surface area (Å²) in [6.45, 7) is 2.23. The van der Waals surface area contributed by atoms with Crippen molar-refractivity contribution in [3.8, 4) is 0 Å². The number of nitro groups is 1. The van der Waals surface area contributed by atoms with Gasteiger partial charge in [-0.15, -0.1) is 0 Å². The van der Waals surface area contributed by atoms with Crippen LogP contribution in [0.1, 0.15) is 45.8 Å². The van der Waals surface area contributed by atoms with Gasteiger partial charge in [-0.2, -0.15) is 0 Å². The Bertz CT molecular complexity index is 786. The molecule has 0 fully saturated rings. The molecule has 1 N–H and O–H groups in total. The van der Waals surface area contributed by atoms with E-state index < -0.39 is 4.92 Å². The number of nitrogens with zero attached hydrogens (tertiary/aromatic N) is 1. The lowest BCUT2D eigenvalue weighted by atomic mass is 9.83. The second-order valence-electron chi connectivity index (χ2n) is 6.26. The highest BCUT2D eigenvalue weighted by atomic mass is 16.6. The minimum atomic E-state index is -0.435. The van der Waals surface area contributed by atoms with Crippen LogP contribution in [0.2, 0.25) is 0 Å². The van der Waals surface area contributed by atoms with Crippen molar-refractivity contribution in [1.29, 1.82) is 0 Å². The number of nitro benzene ring substituents is 1. The topological polar surface area (TPSA) is 72.2 Å². The predicted molar refractivity (Wildman–Crippen MR) is 92.3 cm³/mol. The first-order valence-corrected chi connectivity index (χ1v) is 8.17. The summed E-state index contributed by atoms with van der Waals surface area (Å²) in [5, 5.41) is 13.8. The van der Waals surface area contributed by atoms with Gasteiger partial charge >= 0.3 is 0 Å². The molecule has 24 heavy (non-hydrogen) atoms. The first-order chi connectivity index (χ1) is 11.6. The van der Waals surface area contributed by atoms with E-state index in [1.54, 1.807) is 13.0 Å². The van der Waals surface area contributed by atoms with Crippen LogP contribution < -0.4 is 5.32 Å². The molecule has 0 aromatic heterocycles. The third kappa shape index (κ3) is 3.30. The minimum absolute atomic E-state index is 0.0350. The number of hydrogen-bond acceptors (Lipinski definition) is 3. The zero-order chi connectivity index (χ0) is 17.1. The maximum absolute atomic E-state index is 12.4. The molecule has 124 valence electrons. The van der Waals surface area contributed by atoms with Crippen molar-refractivity contribution < 1.29 is 9.72 Å². The highest BCUT2D eigenvalue weighted by Gasteiger charge is 2.21. The molecule has 1 amide bonds. The molecule has 2 aromatic rings. The van der Waals surface area contributed by atoms with Crippen molar-refractivity contribution >= 4 is 11.6 Å². The van der Waals surface area contributed by atoms with Crippen LogP contribution in [-0.4, -0.2) is 17.4 Å². The third-order valence-corrected chi connectivity index (χ3v) is 4.66. The van der Waals surface area contributed by atoms with E-state index in [1.807, 2.05) is 6.07 Å². The molecule has 0 aliphatic heterocycles. The van der Waals surface area contributed by atoms with Gasteiger partial charge in [0.2, 0.25) is 0 Å². The lowest BCUT2D eigenvalue weighted by molar-refractivity contribution is -0.385. The summed E-state index contributed by atoms with van der Waals surface area (Å²) in [6.07, 6.45) is 3.30. The van der Waals surface area contributed by atoms with Crippen LogP contribution in [0.15, 0.2) is 42.5 Å². The molecular formula is C19H20N2O3. The number of aryl methyl sites for hydroxylation is 2. The number of amides is 1. The molecule has 0 spiro atoms. The molecule has 5 heteroatoms. The fourth-order valence-electron chi connectivity index (χ4n) is 3.39. The highest BCUT2D eigenvalue weighted by molar-refractivity contribution is 5.94. The zero-order valence-corrected chi connectivity index (χ0v) is 13.6. The lowest BCUT2D eigenvalue weighted by Crippen LogP contribution is -2.30. The minimum Gasteiger partial charge on any atom is -0.351 e. The number of rotatable bonds is 4. The number of hydrogen-bond donors (Lipinski definition) is 1. The normalized spacial score (nSPS) is 16.3. The number of benzene rings is 2. The Morgan fingerprint density at radius 1 is 1.29 bits per heavy atom. The maximum Gasteiger partial charge on any atom is 0.272 e. The van der Waals surface area contributed by atoms with Gasteiger partial charge in [-0.05, 0) is 49.4 Å². The lowest BCUT2D eigenvalue weighted by Gasteiger charge is -2.25. The molecule has 1 aliphatic carbocycles. The molecule has 1 unspecified atom stereocenters. The Morgan fingerprint density at radius 2 is 2.08 bits per heavy atom. The highest BCUT2D eigenvalue weighted by Crippen LogP contribution is 2.30. The smallest absolute Gasteiger partial charge is 0.272 e. The molecule has 0 saturated heterocycles. The van der Waals surface area contributed by atoms with Crippen LogP contribution >= 0.6 is 0 Å². The van der Waals surface area contributed by atoms with Crippen LogP contribution in [0, 0.1) is 17.0 Å². The van der Waals surface area contributed by atoms with E-state index >= 15 is 0 Å². The SMILES string of the molecule is Cc1cc(C(=O)NCC2CCCc3ccccc32)ccc1[N+](=O)[O-]. The van der Waals surface area contributed by atoms with Crippen LogP contribution in [0.25, 0.3) is 0 Å². The van der Waals surface area contributed by atoms with Crippen molar-refractivity contribution in [2.75, 3.05) is 6.54 Å². The number of carbonyl (C=O) groups excluding carboxylic acids is 1. The average molecular weight is 324 g/mol. The molecule has 0 radical (unpaired) electrons. The Labute approximate surface area is 140 Å². The summed E-state index contributed by atoms with van der Waals surface area (Å²) in [5.41, 5.74) is 3.68. The van der Waals surface area contributed by atoms with E-state index in [0.29, 0.717) is 23.6 Å². The van der Waals surface area contributed by atoms with E-state index in [9.17, 15) is 14.9 Å². The van der Waals surface area contributed by atoms with Crippen LogP contribution in [0.4, 0.5) is 5.69 Å². The van der Waals surface area contributed by atoms with Gasteiger partial charge in [-0.1, -0.05) is 24.3 Å². The first kappa shape index (κ1) is 16.2. The third-order valence-electron chi connectivity index (χ3n) is 4.66. The second kappa shape index (κ2) is 6.83. The summed E-state index contributed by atoms with van der Waals surface area (Å²) in [5.74, 6) is 0.147. The summed E-state index contributed by atoms with van der Waals surface area (Å²) in [4.78, 5) is 22.8. The quantitative estimate of drug-likeness (QED) is 0.687. The van der Waals surface area contributed by atoms with E-state index in [0.717, 1.165) is 19.3 Å². The molecule has 1 aliphatic rings. The van der Waals surface area contributed by atoms with Crippen molar-refractivity contribution in [2.24, 2.45) is 0 Å². The van der Waals surface area contributed by atoms with E-state index in [4.69, 9.17) is 0 Å². The predicted octanol–water partition coefficient (Wildman–Crippen LogP) is 3.75. The van der Waals surface area contributed by atoms with Gasteiger partial charge in [0.1, 0.15) is 0 Å². The molecule has 0 bridgehead atoms. The molecule has 0 saturated carbocycles. The number of fused-ring (bicyclic) bond motifs is 1. The van der Waals surface area contributed by atoms with Crippen LogP contribution in [0.3, 0.4) is 0 Å². The fraction of sp³-hybridized carbons (Fsp3) is 0.316. The van der Waals surface area contributed by atoms with Gasteiger partial charge < -0.3 is 5.32 Å². The second-order valence-corrected chi connectivity index (χ2v) is 6.26. The summed E-state index contributed by atoms with van der Waals surface area (Å²) >= 11 is 0. The van der Waals surface area contributed by atoms with Crippen LogP contribution in [-0.2, 0) is 6.42 Å². The summed E-state index contributed by atoms with van der Waals surface area (Å²) in [7, 11) is 0. The van der Waals surface area contributed by atoms with Crippen molar-refractivity contribution in [2.45, 2.75) is 32.1 Å². The van der Waals surface area contributed by atoms with E-state index in [2.05, 4.69) is 23.5 Å². The monoisotopic (exact) mass is 324 g/mol. The van der Waals surface area contributed by atoms with E-state index in [-0.39, 0.29) is 11.6 Å². The number of carbonyl (C=O) groups is 1. The Kier molecular flexibility index (Phi) is 4.60. The largest absolute Gasteiger partial charge is 0.351 e. The van der Waals surface area contributed by atoms with Crippen molar-refractivity contribution in [3.05, 3.63) is 74.8 Å². The molecular weight excluding hydrogens is 304 g/mol. The van der Waals surface area contributed by atoms with Gasteiger partial charge in [-0.25, -0.2) is 0 Å².